The summed E-state index contributed by atoms with van der Waals surface area (Å²) < 4.78 is 1.12. The maximum absolute atomic E-state index is 4.87. The second-order valence-electron chi connectivity index (χ2n) is 5.25. The molecule has 108 valence electrons. The molecule has 0 radical (unpaired) electrons. The SMILES string of the molecule is CCNCc1sc(-c2ccc(C)cc2Br)nc1C(C)C. The molecule has 1 heterocycles. The molecular weight excluding hydrogens is 332 g/mol. The molecule has 0 fully saturated rings. The van der Waals surface area contributed by atoms with Crippen molar-refractivity contribution < 1.29 is 0 Å². The van der Waals surface area contributed by atoms with Crippen LogP contribution < -0.4 is 5.32 Å². The van der Waals surface area contributed by atoms with Crippen LogP contribution in [0.2, 0.25) is 0 Å². The van der Waals surface area contributed by atoms with Crippen molar-refractivity contribution in [1.82, 2.24) is 10.3 Å². The van der Waals surface area contributed by atoms with Crippen LogP contribution in [0, 0.1) is 6.92 Å². The number of hydrogen-bond donors (Lipinski definition) is 1. The van der Waals surface area contributed by atoms with Crippen molar-refractivity contribution in [2.75, 3.05) is 6.54 Å². The molecular formula is C16H21BrN2S. The number of halogens is 1. The van der Waals surface area contributed by atoms with Crippen molar-refractivity contribution in [2.24, 2.45) is 0 Å². The highest BCUT2D eigenvalue weighted by atomic mass is 79.9. The second-order valence-corrected chi connectivity index (χ2v) is 7.18. The van der Waals surface area contributed by atoms with Gasteiger partial charge in [-0.05, 0) is 31.0 Å². The van der Waals surface area contributed by atoms with Crippen molar-refractivity contribution >= 4 is 27.3 Å². The van der Waals surface area contributed by atoms with Crippen molar-refractivity contribution in [2.45, 2.75) is 40.2 Å². The van der Waals surface area contributed by atoms with Gasteiger partial charge in [-0.2, -0.15) is 0 Å². The zero-order valence-electron chi connectivity index (χ0n) is 12.5. The lowest BCUT2D eigenvalue weighted by atomic mass is 10.1. The Labute approximate surface area is 133 Å². The molecule has 0 aliphatic heterocycles. The van der Waals surface area contributed by atoms with E-state index in [0.717, 1.165) is 22.6 Å². The Hall–Kier alpha value is -0.710. The van der Waals surface area contributed by atoms with E-state index in [1.165, 1.54) is 21.7 Å². The summed E-state index contributed by atoms with van der Waals surface area (Å²) in [6, 6.07) is 6.44. The van der Waals surface area contributed by atoms with Crippen molar-refractivity contribution in [3.05, 3.63) is 38.8 Å². The number of benzene rings is 1. The predicted molar refractivity (Wildman–Crippen MR) is 91.5 cm³/mol. The van der Waals surface area contributed by atoms with Crippen LogP contribution in [-0.2, 0) is 6.54 Å². The van der Waals surface area contributed by atoms with Crippen LogP contribution in [0.1, 0.15) is 42.8 Å². The molecule has 2 aromatic rings. The van der Waals surface area contributed by atoms with Crippen molar-refractivity contribution in [3.8, 4) is 10.6 Å². The Kier molecular flexibility index (Phi) is 5.35. The molecule has 0 aliphatic rings. The third-order valence-corrected chi connectivity index (χ3v) is 4.93. The molecule has 4 heteroatoms. The Morgan fingerprint density at radius 1 is 1.35 bits per heavy atom. The van der Waals surface area contributed by atoms with Gasteiger partial charge in [0, 0.05) is 21.5 Å². The molecule has 2 nitrogen and oxygen atoms in total. The van der Waals surface area contributed by atoms with Crippen LogP contribution >= 0.6 is 27.3 Å². The van der Waals surface area contributed by atoms with E-state index in [-0.39, 0.29) is 0 Å². The summed E-state index contributed by atoms with van der Waals surface area (Å²) >= 11 is 5.46. The van der Waals surface area contributed by atoms with Gasteiger partial charge >= 0.3 is 0 Å². The molecule has 20 heavy (non-hydrogen) atoms. The molecule has 0 atom stereocenters. The first kappa shape index (κ1) is 15.7. The Morgan fingerprint density at radius 3 is 2.70 bits per heavy atom. The second kappa shape index (κ2) is 6.83. The first-order chi connectivity index (χ1) is 9.52. The van der Waals surface area contributed by atoms with Gasteiger partial charge in [0.2, 0.25) is 0 Å². The number of aryl methyl sites for hydroxylation is 1. The Bertz CT molecular complexity index is 590. The summed E-state index contributed by atoms with van der Waals surface area (Å²) in [6.07, 6.45) is 0. The van der Waals surface area contributed by atoms with Gasteiger partial charge < -0.3 is 5.32 Å². The molecule has 0 saturated carbocycles. The standard InChI is InChI=1S/C16H21BrN2S/c1-5-18-9-14-15(10(2)3)19-16(20-14)12-7-6-11(4)8-13(12)17/h6-8,10,18H,5,9H2,1-4H3. The van der Waals surface area contributed by atoms with Gasteiger partial charge in [0.25, 0.3) is 0 Å². The van der Waals surface area contributed by atoms with Crippen LogP contribution in [0.5, 0.6) is 0 Å². The van der Waals surface area contributed by atoms with Gasteiger partial charge in [0.15, 0.2) is 0 Å². The lowest BCUT2D eigenvalue weighted by molar-refractivity contribution is 0.714. The van der Waals surface area contributed by atoms with Crippen LogP contribution in [0.3, 0.4) is 0 Å². The number of nitrogens with one attached hydrogen (secondary N) is 1. The average molecular weight is 353 g/mol. The average Bonchev–Trinajstić information content (AvgIpc) is 2.80. The van der Waals surface area contributed by atoms with E-state index in [0.29, 0.717) is 5.92 Å². The van der Waals surface area contributed by atoms with Crippen molar-refractivity contribution in [1.29, 1.82) is 0 Å². The summed E-state index contributed by atoms with van der Waals surface area (Å²) in [5.74, 6) is 0.456. The van der Waals surface area contributed by atoms with E-state index in [1.807, 2.05) is 0 Å². The van der Waals surface area contributed by atoms with Crippen LogP contribution in [-0.4, -0.2) is 11.5 Å². The first-order valence-corrected chi connectivity index (χ1v) is 8.60. The topological polar surface area (TPSA) is 24.9 Å². The Morgan fingerprint density at radius 2 is 2.10 bits per heavy atom. The lowest BCUT2D eigenvalue weighted by Gasteiger charge is -2.04. The minimum Gasteiger partial charge on any atom is -0.312 e. The molecule has 1 aromatic heterocycles. The molecule has 0 spiro atoms. The minimum atomic E-state index is 0.456. The maximum atomic E-state index is 4.87. The quantitative estimate of drug-likeness (QED) is 0.808. The molecule has 1 N–H and O–H groups in total. The lowest BCUT2D eigenvalue weighted by Crippen LogP contribution is -2.12. The Balaban J connectivity index is 2.41. The summed E-state index contributed by atoms with van der Waals surface area (Å²) in [5.41, 5.74) is 3.66. The number of aromatic nitrogens is 1. The highest BCUT2D eigenvalue weighted by Gasteiger charge is 2.16. The van der Waals surface area contributed by atoms with Gasteiger partial charge in [-0.1, -0.05) is 48.8 Å². The zero-order valence-corrected chi connectivity index (χ0v) is 14.9. The van der Waals surface area contributed by atoms with E-state index >= 15 is 0 Å². The van der Waals surface area contributed by atoms with E-state index < -0.39 is 0 Å². The maximum Gasteiger partial charge on any atom is 0.125 e. The number of rotatable bonds is 5. The smallest absolute Gasteiger partial charge is 0.125 e. The summed E-state index contributed by atoms with van der Waals surface area (Å²) in [4.78, 5) is 6.22. The molecule has 0 aliphatic carbocycles. The molecule has 1 aromatic carbocycles. The number of hydrogen-bond acceptors (Lipinski definition) is 3. The summed E-state index contributed by atoms with van der Waals surface area (Å²) in [5, 5.41) is 4.51. The van der Waals surface area contributed by atoms with Crippen molar-refractivity contribution in [3.63, 3.8) is 0 Å². The van der Waals surface area contributed by atoms with Crippen LogP contribution in [0.25, 0.3) is 10.6 Å². The fraction of sp³-hybridized carbons (Fsp3) is 0.438. The zero-order chi connectivity index (χ0) is 14.7. The fourth-order valence-corrected chi connectivity index (χ4v) is 4.13. The molecule has 0 bridgehead atoms. The third kappa shape index (κ3) is 3.48. The highest BCUT2D eigenvalue weighted by Crippen LogP contribution is 2.35. The normalized spacial score (nSPS) is 11.3. The summed E-state index contributed by atoms with van der Waals surface area (Å²) in [7, 11) is 0. The monoisotopic (exact) mass is 352 g/mol. The fourth-order valence-electron chi connectivity index (χ4n) is 2.09. The van der Waals surface area contributed by atoms with E-state index in [9.17, 15) is 0 Å². The largest absolute Gasteiger partial charge is 0.312 e. The van der Waals surface area contributed by atoms with E-state index in [2.05, 4.69) is 67.1 Å². The van der Waals surface area contributed by atoms with E-state index in [4.69, 9.17) is 4.98 Å². The molecule has 0 amide bonds. The van der Waals surface area contributed by atoms with Crippen LogP contribution in [0.15, 0.2) is 22.7 Å². The predicted octanol–water partition coefficient (Wildman–Crippen LogP) is 5.11. The van der Waals surface area contributed by atoms with Gasteiger partial charge in [-0.3, -0.25) is 0 Å². The van der Waals surface area contributed by atoms with Gasteiger partial charge in [0.05, 0.1) is 5.69 Å². The first-order valence-electron chi connectivity index (χ1n) is 6.99. The van der Waals surface area contributed by atoms with E-state index in [1.54, 1.807) is 11.3 Å². The highest BCUT2D eigenvalue weighted by molar-refractivity contribution is 9.10. The number of thiazole rings is 1. The molecule has 0 saturated heterocycles. The van der Waals surface area contributed by atoms with Crippen LogP contribution in [0.4, 0.5) is 0 Å². The summed E-state index contributed by atoms with van der Waals surface area (Å²) in [6.45, 7) is 10.5. The van der Waals surface area contributed by atoms with Gasteiger partial charge in [0.1, 0.15) is 5.01 Å². The molecule has 0 unspecified atom stereocenters. The van der Waals surface area contributed by atoms with Gasteiger partial charge in [-0.15, -0.1) is 11.3 Å². The minimum absolute atomic E-state index is 0.456. The van der Waals surface area contributed by atoms with Gasteiger partial charge in [-0.25, -0.2) is 4.98 Å². The number of nitrogens with zero attached hydrogens (tertiary/aromatic N) is 1. The third-order valence-electron chi connectivity index (χ3n) is 3.16. The molecule has 2 rings (SSSR count).